The van der Waals surface area contributed by atoms with Crippen LogP contribution < -0.4 is 10.1 Å². The molecule has 2 aromatic rings. The number of urea groups is 1. The molecule has 0 saturated carbocycles. The van der Waals surface area contributed by atoms with Crippen LogP contribution in [0.2, 0.25) is 0 Å². The van der Waals surface area contributed by atoms with Gasteiger partial charge in [-0.3, -0.25) is 5.32 Å². The van der Waals surface area contributed by atoms with Crippen molar-refractivity contribution in [2.45, 2.75) is 32.2 Å². The van der Waals surface area contributed by atoms with Gasteiger partial charge in [0, 0.05) is 38.0 Å². The Morgan fingerprint density at radius 1 is 1.42 bits per heavy atom. The van der Waals surface area contributed by atoms with Crippen molar-refractivity contribution >= 4 is 11.8 Å². The molecule has 1 fully saturated rings. The van der Waals surface area contributed by atoms with Gasteiger partial charge in [0.1, 0.15) is 5.82 Å². The number of nitrogens with one attached hydrogen (secondary N) is 1. The minimum atomic E-state index is -0.155. The topological polar surface area (TPSA) is 85.2 Å². The van der Waals surface area contributed by atoms with E-state index in [0.717, 1.165) is 31.6 Å². The van der Waals surface area contributed by atoms with Crippen molar-refractivity contribution in [2.75, 3.05) is 25.5 Å². The summed E-state index contributed by atoms with van der Waals surface area (Å²) >= 11 is 0. The van der Waals surface area contributed by atoms with Crippen LogP contribution in [0.1, 0.15) is 31.6 Å². The maximum Gasteiger partial charge on any atom is 0.323 e. The van der Waals surface area contributed by atoms with E-state index >= 15 is 0 Å². The highest BCUT2D eigenvalue weighted by molar-refractivity contribution is 5.88. The molecular formula is C16H22N6O2. The van der Waals surface area contributed by atoms with Gasteiger partial charge in [0.25, 0.3) is 0 Å². The molecule has 1 saturated heterocycles. The number of ether oxygens (including phenoxy) is 1. The van der Waals surface area contributed by atoms with Crippen LogP contribution in [0.5, 0.6) is 5.88 Å². The third-order valence-corrected chi connectivity index (χ3v) is 4.23. The SMILES string of the molecule is CCc1nccn1C1CCCN(C(=O)Nc2ccc(OC)nn2)C1. The van der Waals surface area contributed by atoms with Gasteiger partial charge in [0.15, 0.2) is 5.82 Å². The van der Waals surface area contributed by atoms with E-state index in [9.17, 15) is 4.79 Å². The van der Waals surface area contributed by atoms with Gasteiger partial charge in [-0.05, 0) is 18.9 Å². The molecule has 0 radical (unpaired) electrons. The third kappa shape index (κ3) is 3.47. The Labute approximate surface area is 140 Å². The molecule has 8 heteroatoms. The van der Waals surface area contributed by atoms with Crippen LogP contribution in [0.15, 0.2) is 24.5 Å². The number of aromatic nitrogens is 4. The van der Waals surface area contributed by atoms with E-state index in [0.29, 0.717) is 18.2 Å². The molecule has 1 unspecified atom stereocenters. The second-order valence-corrected chi connectivity index (χ2v) is 5.74. The number of amides is 2. The highest BCUT2D eigenvalue weighted by Crippen LogP contribution is 2.23. The Morgan fingerprint density at radius 3 is 3.00 bits per heavy atom. The number of aryl methyl sites for hydroxylation is 1. The maximum absolute atomic E-state index is 12.5. The summed E-state index contributed by atoms with van der Waals surface area (Å²) in [6, 6.07) is 3.46. The summed E-state index contributed by atoms with van der Waals surface area (Å²) in [5.74, 6) is 1.89. The minimum absolute atomic E-state index is 0.155. The number of carbonyl (C=O) groups excluding carboxylic acids is 1. The molecule has 0 spiro atoms. The van der Waals surface area contributed by atoms with E-state index in [4.69, 9.17) is 4.74 Å². The number of likely N-dealkylation sites (tertiary alicyclic amines) is 1. The highest BCUT2D eigenvalue weighted by atomic mass is 16.5. The second kappa shape index (κ2) is 7.29. The number of carbonyl (C=O) groups is 1. The number of rotatable bonds is 4. The molecule has 2 aromatic heterocycles. The molecule has 1 N–H and O–H groups in total. The Hall–Kier alpha value is -2.64. The summed E-state index contributed by atoms with van der Waals surface area (Å²) < 4.78 is 7.15. The molecule has 24 heavy (non-hydrogen) atoms. The monoisotopic (exact) mass is 330 g/mol. The number of methoxy groups -OCH3 is 1. The first kappa shape index (κ1) is 16.2. The maximum atomic E-state index is 12.5. The zero-order valence-electron chi connectivity index (χ0n) is 14.0. The predicted octanol–water partition coefficient (Wildman–Crippen LogP) is 2.11. The van der Waals surface area contributed by atoms with E-state index in [1.54, 1.807) is 12.1 Å². The van der Waals surface area contributed by atoms with Gasteiger partial charge in [-0.1, -0.05) is 6.92 Å². The van der Waals surface area contributed by atoms with Gasteiger partial charge in [0.2, 0.25) is 5.88 Å². The molecule has 3 heterocycles. The van der Waals surface area contributed by atoms with Crippen LogP contribution >= 0.6 is 0 Å². The highest BCUT2D eigenvalue weighted by Gasteiger charge is 2.26. The molecule has 0 bridgehead atoms. The second-order valence-electron chi connectivity index (χ2n) is 5.74. The molecule has 1 atom stereocenters. The predicted molar refractivity (Wildman–Crippen MR) is 89.1 cm³/mol. The van der Waals surface area contributed by atoms with Crippen LogP contribution in [0.4, 0.5) is 10.6 Å². The number of imidazole rings is 1. The van der Waals surface area contributed by atoms with E-state index in [1.807, 2.05) is 17.3 Å². The first-order valence-corrected chi connectivity index (χ1v) is 8.16. The number of hydrogen-bond donors (Lipinski definition) is 1. The van der Waals surface area contributed by atoms with E-state index in [1.165, 1.54) is 7.11 Å². The molecule has 128 valence electrons. The zero-order valence-corrected chi connectivity index (χ0v) is 14.0. The van der Waals surface area contributed by atoms with E-state index in [2.05, 4.69) is 32.0 Å². The van der Waals surface area contributed by atoms with Crippen molar-refractivity contribution in [1.82, 2.24) is 24.6 Å². The van der Waals surface area contributed by atoms with Crippen molar-refractivity contribution in [3.05, 3.63) is 30.4 Å². The summed E-state index contributed by atoms with van der Waals surface area (Å²) in [7, 11) is 1.52. The molecule has 1 aliphatic rings. The van der Waals surface area contributed by atoms with Crippen LogP contribution in [0.25, 0.3) is 0 Å². The molecule has 1 aliphatic heterocycles. The molecule has 3 rings (SSSR count). The lowest BCUT2D eigenvalue weighted by atomic mass is 10.1. The lowest BCUT2D eigenvalue weighted by Gasteiger charge is -2.33. The van der Waals surface area contributed by atoms with Crippen molar-refractivity contribution < 1.29 is 9.53 Å². The number of piperidine rings is 1. The number of anilines is 1. The molecular weight excluding hydrogens is 308 g/mol. The summed E-state index contributed by atoms with van der Waals surface area (Å²) in [6.45, 7) is 3.50. The van der Waals surface area contributed by atoms with Crippen LogP contribution in [-0.4, -0.2) is 50.9 Å². The lowest BCUT2D eigenvalue weighted by Crippen LogP contribution is -2.43. The van der Waals surface area contributed by atoms with Gasteiger partial charge in [-0.15, -0.1) is 10.2 Å². The Morgan fingerprint density at radius 2 is 2.29 bits per heavy atom. The summed E-state index contributed by atoms with van der Waals surface area (Å²) in [5, 5.41) is 10.6. The molecule has 0 aliphatic carbocycles. The quantitative estimate of drug-likeness (QED) is 0.928. The first-order valence-electron chi connectivity index (χ1n) is 8.16. The summed E-state index contributed by atoms with van der Waals surface area (Å²) in [5.41, 5.74) is 0. The van der Waals surface area contributed by atoms with Gasteiger partial charge in [-0.2, -0.15) is 0 Å². The summed E-state index contributed by atoms with van der Waals surface area (Å²) in [4.78, 5) is 18.7. The number of nitrogens with zero attached hydrogens (tertiary/aromatic N) is 5. The normalized spacial score (nSPS) is 17.6. The zero-order chi connectivity index (χ0) is 16.9. The van der Waals surface area contributed by atoms with Crippen LogP contribution in [0, 0.1) is 0 Å². The largest absolute Gasteiger partial charge is 0.480 e. The third-order valence-electron chi connectivity index (χ3n) is 4.23. The minimum Gasteiger partial charge on any atom is -0.480 e. The number of hydrogen-bond acceptors (Lipinski definition) is 5. The van der Waals surface area contributed by atoms with E-state index < -0.39 is 0 Å². The van der Waals surface area contributed by atoms with E-state index in [-0.39, 0.29) is 12.1 Å². The van der Waals surface area contributed by atoms with Crippen molar-refractivity contribution in [3.63, 3.8) is 0 Å². The van der Waals surface area contributed by atoms with Gasteiger partial charge < -0.3 is 14.2 Å². The fourth-order valence-electron chi connectivity index (χ4n) is 3.00. The van der Waals surface area contributed by atoms with Crippen molar-refractivity contribution in [3.8, 4) is 5.88 Å². The summed E-state index contributed by atoms with van der Waals surface area (Å²) in [6.07, 6.45) is 6.73. The van der Waals surface area contributed by atoms with Crippen LogP contribution in [0.3, 0.4) is 0 Å². The van der Waals surface area contributed by atoms with Crippen molar-refractivity contribution in [2.24, 2.45) is 0 Å². The van der Waals surface area contributed by atoms with Gasteiger partial charge >= 0.3 is 6.03 Å². The average Bonchev–Trinajstić information content (AvgIpc) is 3.11. The smallest absolute Gasteiger partial charge is 0.323 e. The molecule has 0 aromatic carbocycles. The van der Waals surface area contributed by atoms with Crippen LogP contribution in [-0.2, 0) is 6.42 Å². The Bertz CT molecular complexity index is 684. The fourth-order valence-corrected chi connectivity index (χ4v) is 3.00. The van der Waals surface area contributed by atoms with Gasteiger partial charge in [0.05, 0.1) is 13.2 Å². The lowest BCUT2D eigenvalue weighted by molar-refractivity contribution is 0.177. The molecule has 8 nitrogen and oxygen atoms in total. The fraction of sp³-hybridized carbons (Fsp3) is 0.500. The average molecular weight is 330 g/mol. The standard InChI is InChI=1S/C16H22N6O2/c1-3-14-17-8-10-22(14)12-5-4-9-21(11-12)16(23)18-13-6-7-15(24-2)20-19-13/h6-8,10,12H,3-5,9,11H2,1-2H3,(H,18,19,23). The Kier molecular flexibility index (Phi) is 4.93. The first-order chi connectivity index (χ1) is 11.7. The Balaban J connectivity index is 1.64. The van der Waals surface area contributed by atoms with Crippen molar-refractivity contribution in [1.29, 1.82) is 0 Å². The van der Waals surface area contributed by atoms with Gasteiger partial charge in [-0.25, -0.2) is 9.78 Å². The molecule has 2 amide bonds.